The Balaban J connectivity index is 2.17. The van der Waals surface area contributed by atoms with Gasteiger partial charge < -0.3 is 4.90 Å². The molecule has 0 bridgehead atoms. The molecule has 0 heterocycles. The lowest BCUT2D eigenvalue weighted by Crippen LogP contribution is -2.23. The minimum Gasteiger partial charge on any atom is -0.334 e. The van der Waals surface area contributed by atoms with Crippen LogP contribution >= 0.6 is 8.46 Å². The van der Waals surface area contributed by atoms with Crippen LogP contribution in [0.2, 0.25) is 0 Å². The predicted molar refractivity (Wildman–Crippen MR) is 111 cm³/mol. The Hall–Kier alpha value is -2.44. The summed E-state index contributed by atoms with van der Waals surface area (Å²) in [6, 6.07) is 23.1. The van der Waals surface area contributed by atoms with Crippen molar-refractivity contribution in [1.29, 1.82) is 0 Å². The Labute approximate surface area is 157 Å². The molecule has 0 aromatic heterocycles. The van der Waals surface area contributed by atoms with Crippen LogP contribution in [-0.4, -0.2) is 0 Å². The molecular weight excluding hydrogens is 337 g/mol. The highest BCUT2D eigenvalue weighted by molar-refractivity contribution is 7.34. The zero-order valence-corrected chi connectivity index (χ0v) is 16.6. The number of hydrogen-bond donors (Lipinski definition) is 0. The van der Waals surface area contributed by atoms with Crippen LogP contribution < -0.4 is 10.2 Å². The molecule has 3 rings (SSSR count). The Morgan fingerprint density at radius 3 is 1.96 bits per heavy atom. The Morgan fingerprint density at radius 1 is 0.846 bits per heavy atom. The molecule has 0 amide bonds. The van der Waals surface area contributed by atoms with E-state index in [1.54, 1.807) is 0 Å². The molecule has 0 radical (unpaired) electrons. The van der Waals surface area contributed by atoms with Crippen molar-refractivity contribution in [2.24, 2.45) is 0 Å². The fraction of sp³-hybridized carbons (Fsp3) is 0.217. The van der Waals surface area contributed by atoms with E-state index in [9.17, 15) is 4.57 Å². The summed E-state index contributed by atoms with van der Waals surface area (Å²) in [6.07, 6.45) is 0. The highest BCUT2D eigenvalue weighted by Crippen LogP contribution is 2.39. The van der Waals surface area contributed by atoms with Crippen LogP contribution in [0.15, 0.2) is 66.7 Å². The van der Waals surface area contributed by atoms with Gasteiger partial charge in [0.2, 0.25) is 0 Å². The van der Waals surface area contributed by atoms with E-state index in [4.69, 9.17) is 0 Å². The standard InChI is InChI=1S/C23H24NOP/c1-16-14-17(2)23(18(3)15-16)24(19(4)20-8-6-5-7-9-20)21-10-12-22(26-25)13-11-21/h5-15,19H,1-4H3. The van der Waals surface area contributed by atoms with Gasteiger partial charge in [0.15, 0.2) is 8.46 Å². The van der Waals surface area contributed by atoms with Gasteiger partial charge in [-0.05, 0) is 68.7 Å². The monoisotopic (exact) mass is 361 g/mol. The molecule has 3 aromatic rings. The number of anilines is 2. The van der Waals surface area contributed by atoms with Crippen LogP contribution in [-0.2, 0) is 4.57 Å². The minimum atomic E-state index is 0.0542. The summed E-state index contributed by atoms with van der Waals surface area (Å²) in [5.41, 5.74) is 7.39. The van der Waals surface area contributed by atoms with Crippen molar-refractivity contribution < 1.29 is 4.57 Å². The SMILES string of the molecule is Cc1cc(C)c(N(c2ccc(P=O)cc2)C(C)c2ccccc2)c(C)c1. The third-order valence-electron chi connectivity index (χ3n) is 4.78. The smallest absolute Gasteiger partial charge is 0.192 e. The van der Waals surface area contributed by atoms with Gasteiger partial charge in [-0.2, -0.15) is 0 Å². The molecular formula is C23H24NOP. The van der Waals surface area contributed by atoms with E-state index in [-0.39, 0.29) is 14.5 Å². The maximum Gasteiger partial charge on any atom is 0.192 e. The summed E-state index contributed by atoms with van der Waals surface area (Å²) in [6.45, 7) is 8.71. The van der Waals surface area contributed by atoms with E-state index in [1.165, 1.54) is 27.9 Å². The van der Waals surface area contributed by atoms with E-state index in [0.717, 1.165) is 11.0 Å². The molecule has 1 unspecified atom stereocenters. The number of hydrogen-bond acceptors (Lipinski definition) is 2. The highest BCUT2D eigenvalue weighted by Gasteiger charge is 2.22. The lowest BCUT2D eigenvalue weighted by molar-refractivity contribution is 0.603. The van der Waals surface area contributed by atoms with Crippen LogP contribution in [0.1, 0.15) is 35.2 Å². The molecule has 132 valence electrons. The van der Waals surface area contributed by atoms with E-state index in [0.29, 0.717) is 0 Å². The minimum absolute atomic E-state index is 0.0542. The molecule has 0 N–H and O–H groups in total. The number of nitrogens with zero attached hydrogens (tertiary/aromatic N) is 1. The molecule has 3 heteroatoms. The normalized spacial score (nSPS) is 12.2. The maximum atomic E-state index is 11.1. The quantitative estimate of drug-likeness (QED) is 0.488. The van der Waals surface area contributed by atoms with Crippen molar-refractivity contribution in [1.82, 2.24) is 0 Å². The Morgan fingerprint density at radius 2 is 1.42 bits per heavy atom. The van der Waals surface area contributed by atoms with E-state index in [2.05, 4.69) is 81.1 Å². The van der Waals surface area contributed by atoms with Crippen LogP contribution in [0.4, 0.5) is 11.4 Å². The van der Waals surface area contributed by atoms with Crippen LogP contribution in [0.25, 0.3) is 0 Å². The molecule has 2 nitrogen and oxygen atoms in total. The lowest BCUT2D eigenvalue weighted by Gasteiger charge is -2.34. The fourth-order valence-electron chi connectivity index (χ4n) is 3.65. The van der Waals surface area contributed by atoms with Crippen LogP contribution in [0.3, 0.4) is 0 Å². The molecule has 26 heavy (non-hydrogen) atoms. The summed E-state index contributed by atoms with van der Waals surface area (Å²) in [4.78, 5) is 2.38. The molecule has 0 aliphatic rings. The number of aryl methyl sites for hydroxylation is 3. The van der Waals surface area contributed by atoms with E-state index >= 15 is 0 Å². The van der Waals surface area contributed by atoms with E-state index in [1.807, 2.05) is 18.2 Å². The third kappa shape index (κ3) is 3.71. The second-order valence-corrected chi connectivity index (χ2v) is 7.51. The molecule has 0 fully saturated rings. The van der Waals surface area contributed by atoms with Crippen molar-refractivity contribution in [3.63, 3.8) is 0 Å². The fourth-order valence-corrected chi connectivity index (χ4v) is 3.92. The Kier molecular flexibility index (Phi) is 5.54. The summed E-state index contributed by atoms with van der Waals surface area (Å²) in [7, 11) is 0.0542. The van der Waals surface area contributed by atoms with Crippen molar-refractivity contribution in [2.45, 2.75) is 33.7 Å². The molecule has 1 atom stereocenters. The first-order valence-electron chi connectivity index (χ1n) is 8.86. The average molecular weight is 361 g/mol. The average Bonchev–Trinajstić information content (AvgIpc) is 2.65. The van der Waals surface area contributed by atoms with Gasteiger partial charge in [-0.25, -0.2) is 0 Å². The first-order valence-corrected chi connectivity index (χ1v) is 9.68. The number of rotatable bonds is 5. The van der Waals surface area contributed by atoms with Gasteiger partial charge in [-0.3, -0.25) is 4.57 Å². The first-order chi connectivity index (χ1) is 12.5. The van der Waals surface area contributed by atoms with Gasteiger partial charge in [0, 0.05) is 16.7 Å². The number of benzene rings is 3. The summed E-state index contributed by atoms with van der Waals surface area (Å²) in [5, 5.41) is 0.790. The molecule has 0 saturated heterocycles. The topological polar surface area (TPSA) is 20.3 Å². The van der Waals surface area contributed by atoms with Crippen molar-refractivity contribution >= 4 is 25.1 Å². The maximum absolute atomic E-state index is 11.1. The molecule has 0 saturated carbocycles. The summed E-state index contributed by atoms with van der Waals surface area (Å²) in [5.74, 6) is 0. The van der Waals surface area contributed by atoms with Gasteiger partial charge in [-0.15, -0.1) is 0 Å². The van der Waals surface area contributed by atoms with Crippen LogP contribution in [0.5, 0.6) is 0 Å². The van der Waals surface area contributed by atoms with Crippen LogP contribution in [0, 0.1) is 20.8 Å². The van der Waals surface area contributed by atoms with Crippen molar-refractivity contribution in [2.75, 3.05) is 4.90 Å². The largest absolute Gasteiger partial charge is 0.334 e. The van der Waals surface area contributed by atoms with Gasteiger partial charge in [0.05, 0.1) is 6.04 Å². The zero-order chi connectivity index (χ0) is 18.7. The summed E-state index contributed by atoms with van der Waals surface area (Å²) >= 11 is 0. The van der Waals surface area contributed by atoms with Gasteiger partial charge in [0.25, 0.3) is 0 Å². The van der Waals surface area contributed by atoms with Crippen molar-refractivity contribution in [3.05, 3.63) is 89.0 Å². The Bertz CT molecular complexity index is 880. The highest BCUT2D eigenvalue weighted by atomic mass is 31.1. The van der Waals surface area contributed by atoms with Gasteiger partial charge in [-0.1, -0.05) is 48.0 Å². The lowest BCUT2D eigenvalue weighted by atomic mass is 9.99. The summed E-state index contributed by atoms with van der Waals surface area (Å²) < 4.78 is 11.1. The second-order valence-electron chi connectivity index (χ2n) is 6.81. The molecule has 0 spiro atoms. The van der Waals surface area contributed by atoms with Gasteiger partial charge >= 0.3 is 0 Å². The third-order valence-corrected chi connectivity index (χ3v) is 5.29. The van der Waals surface area contributed by atoms with E-state index < -0.39 is 0 Å². The zero-order valence-electron chi connectivity index (χ0n) is 15.7. The molecule has 0 aliphatic heterocycles. The molecule has 3 aromatic carbocycles. The second kappa shape index (κ2) is 7.85. The first kappa shape index (κ1) is 18.4. The van der Waals surface area contributed by atoms with Gasteiger partial charge in [0.1, 0.15) is 0 Å². The molecule has 0 aliphatic carbocycles. The van der Waals surface area contributed by atoms with Crippen molar-refractivity contribution in [3.8, 4) is 0 Å². The predicted octanol–water partition coefficient (Wildman–Crippen LogP) is 6.43.